The molecule has 0 radical (unpaired) electrons. The lowest BCUT2D eigenvalue weighted by Gasteiger charge is -2.06. The molecule has 0 aliphatic carbocycles. The van der Waals surface area contributed by atoms with E-state index in [0.717, 1.165) is 0 Å². The molecule has 0 fully saturated rings. The third kappa shape index (κ3) is 2.45. The van der Waals surface area contributed by atoms with Crippen LogP contribution in [0.15, 0.2) is 35.5 Å². The van der Waals surface area contributed by atoms with Gasteiger partial charge < -0.3 is 0 Å². The van der Waals surface area contributed by atoms with E-state index in [4.69, 9.17) is 16.9 Å². The second-order valence-electron chi connectivity index (χ2n) is 3.35. The minimum Gasteiger partial charge on any atom is -0.284 e. The van der Waals surface area contributed by atoms with Crippen molar-refractivity contribution in [3.05, 3.63) is 41.2 Å². The summed E-state index contributed by atoms with van der Waals surface area (Å²) < 4.78 is 26.2. The molecule has 6 nitrogen and oxygen atoms in total. The van der Waals surface area contributed by atoms with Crippen molar-refractivity contribution in [3.8, 4) is 6.07 Å². The first-order valence-corrected chi connectivity index (χ1v) is 6.60. The molecule has 0 saturated carbocycles. The fraction of sp³-hybridized carbons (Fsp3) is 0. The van der Waals surface area contributed by atoms with Crippen molar-refractivity contribution < 1.29 is 8.42 Å². The Bertz CT molecular complexity index is 704. The van der Waals surface area contributed by atoms with Gasteiger partial charge in [0, 0.05) is 6.20 Å². The molecule has 1 aromatic heterocycles. The van der Waals surface area contributed by atoms with Gasteiger partial charge in [-0.1, -0.05) is 11.6 Å². The van der Waals surface area contributed by atoms with E-state index < -0.39 is 10.0 Å². The van der Waals surface area contributed by atoms with Gasteiger partial charge in [-0.2, -0.15) is 10.4 Å². The number of nitriles is 1. The SMILES string of the molecule is N#Cc1ccc(S(=O)(=O)Nc2cn[nH]c2)cc1Cl. The first-order valence-electron chi connectivity index (χ1n) is 4.74. The monoisotopic (exact) mass is 282 g/mol. The zero-order valence-corrected chi connectivity index (χ0v) is 10.5. The maximum atomic E-state index is 12.0. The maximum absolute atomic E-state index is 12.0. The summed E-state index contributed by atoms with van der Waals surface area (Å²) in [6.07, 6.45) is 2.74. The molecule has 2 N–H and O–H groups in total. The molecule has 0 amide bonds. The van der Waals surface area contributed by atoms with Crippen molar-refractivity contribution in [2.45, 2.75) is 4.90 Å². The van der Waals surface area contributed by atoms with Crippen LogP contribution in [-0.4, -0.2) is 18.6 Å². The molecule has 2 rings (SSSR count). The number of hydrogen-bond donors (Lipinski definition) is 2. The van der Waals surface area contributed by atoms with Gasteiger partial charge in [0.2, 0.25) is 0 Å². The van der Waals surface area contributed by atoms with Gasteiger partial charge in [-0.15, -0.1) is 0 Å². The van der Waals surface area contributed by atoms with Crippen molar-refractivity contribution in [2.75, 3.05) is 4.72 Å². The standard InChI is InChI=1S/C10H7ClN4O2S/c11-10-3-9(2-1-7(10)4-12)18(16,17)15-8-5-13-14-6-8/h1-3,5-6,15H,(H,13,14). The van der Waals surface area contributed by atoms with Gasteiger partial charge in [0.1, 0.15) is 6.07 Å². The summed E-state index contributed by atoms with van der Waals surface area (Å²) >= 11 is 5.78. The van der Waals surface area contributed by atoms with E-state index in [2.05, 4.69) is 14.9 Å². The Kier molecular flexibility index (Phi) is 3.23. The number of benzene rings is 1. The Morgan fingerprint density at radius 1 is 1.44 bits per heavy atom. The highest BCUT2D eigenvalue weighted by molar-refractivity contribution is 7.92. The molecule has 1 heterocycles. The van der Waals surface area contributed by atoms with Crippen LogP contribution >= 0.6 is 11.6 Å². The normalized spacial score (nSPS) is 10.9. The second kappa shape index (κ2) is 4.68. The molecule has 1 aromatic carbocycles. The molecule has 0 bridgehead atoms. The highest BCUT2D eigenvalue weighted by Crippen LogP contribution is 2.21. The van der Waals surface area contributed by atoms with Crippen LogP contribution in [0.5, 0.6) is 0 Å². The van der Waals surface area contributed by atoms with Crippen LogP contribution < -0.4 is 4.72 Å². The topological polar surface area (TPSA) is 98.6 Å². The summed E-state index contributed by atoms with van der Waals surface area (Å²) in [7, 11) is -3.73. The molecule has 18 heavy (non-hydrogen) atoms. The molecule has 92 valence electrons. The predicted octanol–water partition coefficient (Wildman–Crippen LogP) is 1.74. The fourth-order valence-corrected chi connectivity index (χ4v) is 2.62. The minimum atomic E-state index is -3.73. The predicted molar refractivity (Wildman–Crippen MR) is 65.6 cm³/mol. The Balaban J connectivity index is 2.36. The third-order valence-electron chi connectivity index (χ3n) is 2.12. The number of aromatic amines is 1. The maximum Gasteiger partial charge on any atom is 0.262 e. The summed E-state index contributed by atoms with van der Waals surface area (Å²) in [5.41, 5.74) is 0.536. The smallest absolute Gasteiger partial charge is 0.262 e. The number of hydrogen-bond acceptors (Lipinski definition) is 4. The number of sulfonamides is 1. The molecule has 2 aromatic rings. The quantitative estimate of drug-likeness (QED) is 0.895. The van der Waals surface area contributed by atoms with Crippen LogP contribution in [0.4, 0.5) is 5.69 Å². The average Bonchev–Trinajstić information content (AvgIpc) is 2.81. The number of aromatic nitrogens is 2. The van der Waals surface area contributed by atoms with Crippen LogP contribution in [0, 0.1) is 11.3 Å². The van der Waals surface area contributed by atoms with Crippen molar-refractivity contribution in [3.63, 3.8) is 0 Å². The molecule has 0 aliphatic heterocycles. The summed E-state index contributed by atoms with van der Waals surface area (Å²) in [6, 6.07) is 5.75. The van der Waals surface area contributed by atoms with Crippen molar-refractivity contribution in [2.24, 2.45) is 0 Å². The van der Waals surface area contributed by atoms with E-state index in [1.807, 2.05) is 6.07 Å². The molecular formula is C10H7ClN4O2S. The average molecular weight is 283 g/mol. The summed E-state index contributed by atoms with van der Waals surface area (Å²) in [4.78, 5) is -0.0206. The fourth-order valence-electron chi connectivity index (χ4n) is 1.27. The third-order valence-corrected chi connectivity index (χ3v) is 3.81. The van der Waals surface area contributed by atoms with E-state index >= 15 is 0 Å². The number of anilines is 1. The zero-order chi connectivity index (χ0) is 13.2. The van der Waals surface area contributed by atoms with Crippen LogP contribution in [-0.2, 0) is 10.0 Å². The van der Waals surface area contributed by atoms with Crippen molar-refractivity contribution in [1.82, 2.24) is 10.2 Å². The molecule has 8 heteroatoms. The van der Waals surface area contributed by atoms with Gasteiger partial charge in [-0.05, 0) is 18.2 Å². The van der Waals surface area contributed by atoms with Crippen molar-refractivity contribution in [1.29, 1.82) is 5.26 Å². The molecule has 0 spiro atoms. The summed E-state index contributed by atoms with van der Waals surface area (Å²) in [6.45, 7) is 0. The highest BCUT2D eigenvalue weighted by atomic mass is 35.5. The first-order chi connectivity index (χ1) is 8.53. The lowest BCUT2D eigenvalue weighted by atomic mass is 10.2. The first kappa shape index (κ1) is 12.4. The summed E-state index contributed by atoms with van der Waals surface area (Å²) in [5, 5.41) is 14.9. The van der Waals surface area contributed by atoms with E-state index in [0.29, 0.717) is 5.69 Å². The Morgan fingerprint density at radius 3 is 2.78 bits per heavy atom. The Labute approximate surface area is 108 Å². The number of H-pyrrole nitrogens is 1. The number of halogens is 1. The van der Waals surface area contributed by atoms with Gasteiger partial charge in [0.05, 0.1) is 27.4 Å². The number of rotatable bonds is 3. The lowest BCUT2D eigenvalue weighted by molar-refractivity contribution is 0.601. The Hall–Kier alpha value is -2.04. The highest BCUT2D eigenvalue weighted by Gasteiger charge is 2.16. The Morgan fingerprint density at radius 2 is 2.22 bits per heavy atom. The van der Waals surface area contributed by atoms with E-state index in [-0.39, 0.29) is 15.5 Å². The van der Waals surface area contributed by atoms with E-state index in [9.17, 15) is 8.42 Å². The van der Waals surface area contributed by atoms with Gasteiger partial charge >= 0.3 is 0 Å². The largest absolute Gasteiger partial charge is 0.284 e. The van der Waals surface area contributed by atoms with Crippen LogP contribution in [0.3, 0.4) is 0 Å². The minimum absolute atomic E-state index is 0.0206. The molecule has 0 saturated heterocycles. The number of nitrogens with zero attached hydrogens (tertiary/aromatic N) is 2. The van der Waals surface area contributed by atoms with Gasteiger partial charge in [0.15, 0.2) is 0 Å². The zero-order valence-electron chi connectivity index (χ0n) is 8.88. The second-order valence-corrected chi connectivity index (χ2v) is 5.44. The van der Waals surface area contributed by atoms with E-state index in [1.54, 1.807) is 0 Å². The van der Waals surface area contributed by atoms with E-state index in [1.165, 1.54) is 30.6 Å². The van der Waals surface area contributed by atoms with Crippen LogP contribution in [0.1, 0.15) is 5.56 Å². The van der Waals surface area contributed by atoms with Crippen LogP contribution in [0.2, 0.25) is 5.02 Å². The van der Waals surface area contributed by atoms with Crippen molar-refractivity contribution >= 4 is 27.3 Å². The molecule has 0 unspecified atom stereocenters. The molecule has 0 aliphatic rings. The van der Waals surface area contributed by atoms with Gasteiger partial charge in [-0.3, -0.25) is 9.82 Å². The number of nitrogens with one attached hydrogen (secondary N) is 2. The van der Waals surface area contributed by atoms with Crippen LogP contribution in [0.25, 0.3) is 0 Å². The molecule has 0 atom stereocenters. The summed E-state index contributed by atoms with van der Waals surface area (Å²) in [5.74, 6) is 0. The van der Waals surface area contributed by atoms with Gasteiger partial charge in [-0.25, -0.2) is 8.42 Å². The van der Waals surface area contributed by atoms with Gasteiger partial charge in [0.25, 0.3) is 10.0 Å². The molecular weight excluding hydrogens is 276 g/mol. The lowest BCUT2D eigenvalue weighted by Crippen LogP contribution is -2.12.